The molecule has 0 radical (unpaired) electrons. The number of rotatable bonds is 3. The Morgan fingerprint density at radius 3 is 2.59 bits per heavy atom. The van der Waals surface area contributed by atoms with Gasteiger partial charge in [-0.3, -0.25) is 0 Å². The lowest BCUT2D eigenvalue weighted by atomic mass is 9.87. The summed E-state index contributed by atoms with van der Waals surface area (Å²) in [6, 6.07) is 19.6. The van der Waals surface area contributed by atoms with E-state index in [0.29, 0.717) is 0 Å². The van der Waals surface area contributed by atoms with E-state index in [2.05, 4.69) is 64.1 Å². The van der Waals surface area contributed by atoms with Crippen molar-refractivity contribution in [3.8, 4) is 0 Å². The van der Waals surface area contributed by atoms with Gasteiger partial charge >= 0.3 is 0 Å². The Kier molecular flexibility index (Phi) is 4.27. The van der Waals surface area contributed by atoms with Gasteiger partial charge in [0.2, 0.25) is 0 Å². The molecule has 0 fully saturated rings. The van der Waals surface area contributed by atoms with Crippen molar-refractivity contribution in [2.75, 3.05) is 0 Å². The van der Waals surface area contributed by atoms with E-state index in [9.17, 15) is 0 Å². The summed E-state index contributed by atoms with van der Waals surface area (Å²) in [5, 5.41) is 0. The standard InChI is InChI=1S/C18H16N2S.ClH/c1-2-7-16(8-3-1)18(13-20-11-10-19-14-20)17-9-5-4-6-15(17)12-21-18;/h1-11,14H,12-13H2;1H. The van der Waals surface area contributed by atoms with Crippen molar-refractivity contribution in [2.45, 2.75) is 17.0 Å². The summed E-state index contributed by atoms with van der Waals surface area (Å²) in [6.45, 7) is 0.915. The molecule has 112 valence electrons. The minimum atomic E-state index is -0.0153. The Balaban J connectivity index is 0.00000144. The molecule has 2 aromatic carbocycles. The molecule has 1 unspecified atom stereocenters. The number of aromatic nitrogens is 2. The quantitative estimate of drug-likeness (QED) is 0.704. The molecular weight excluding hydrogens is 312 g/mol. The highest BCUT2D eigenvalue weighted by Gasteiger charge is 2.41. The number of fused-ring (bicyclic) bond motifs is 1. The average Bonchev–Trinajstić information content (AvgIpc) is 3.18. The van der Waals surface area contributed by atoms with Crippen LogP contribution in [0.15, 0.2) is 73.3 Å². The van der Waals surface area contributed by atoms with Crippen LogP contribution in [0.4, 0.5) is 0 Å². The van der Waals surface area contributed by atoms with Crippen molar-refractivity contribution in [3.05, 3.63) is 90.0 Å². The van der Waals surface area contributed by atoms with Gasteiger partial charge in [-0.25, -0.2) is 4.98 Å². The lowest BCUT2D eigenvalue weighted by Gasteiger charge is -2.30. The van der Waals surface area contributed by atoms with Gasteiger partial charge in [-0.2, -0.15) is 0 Å². The molecule has 3 aromatic rings. The van der Waals surface area contributed by atoms with Crippen molar-refractivity contribution in [3.63, 3.8) is 0 Å². The van der Waals surface area contributed by atoms with Gasteiger partial charge < -0.3 is 4.57 Å². The lowest BCUT2D eigenvalue weighted by Crippen LogP contribution is -2.27. The van der Waals surface area contributed by atoms with Crippen molar-refractivity contribution >= 4 is 24.2 Å². The first-order chi connectivity index (χ1) is 10.4. The van der Waals surface area contributed by atoms with Gasteiger partial charge in [0.05, 0.1) is 11.1 Å². The molecule has 2 heterocycles. The fourth-order valence-corrected chi connectivity index (χ4v) is 4.68. The minimum absolute atomic E-state index is 0. The Morgan fingerprint density at radius 1 is 1.05 bits per heavy atom. The van der Waals surface area contributed by atoms with E-state index in [1.54, 1.807) is 0 Å². The average molecular weight is 329 g/mol. The molecule has 4 heteroatoms. The number of benzene rings is 2. The normalized spacial score (nSPS) is 19.5. The summed E-state index contributed by atoms with van der Waals surface area (Å²) in [5.74, 6) is 1.07. The molecule has 0 spiro atoms. The van der Waals surface area contributed by atoms with Crippen LogP contribution in [0.1, 0.15) is 16.7 Å². The number of imidazole rings is 1. The molecule has 1 atom stereocenters. The van der Waals surface area contributed by atoms with Crippen LogP contribution in [-0.4, -0.2) is 9.55 Å². The Bertz CT molecular complexity index is 743. The molecular formula is C18H17ClN2S. The Labute approximate surface area is 141 Å². The van der Waals surface area contributed by atoms with Gasteiger partial charge in [0.1, 0.15) is 0 Å². The zero-order valence-electron chi connectivity index (χ0n) is 12.1. The molecule has 0 saturated heterocycles. The molecule has 2 nitrogen and oxygen atoms in total. The van der Waals surface area contributed by atoms with Crippen LogP contribution >= 0.6 is 24.2 Å². The van der Waals surface area contributed by atoms with E-state index in [-0.39, 0.29) is 17.2 Å². The molecule has 0 bridgehead atoms. The lowest BCUT2D eigenvalue weighted by molar-refractivity contribution is 0.585. The predicted octanol–water partition coefficient (Wildman–Crippen LogP) is 4.50. The summed E-state index contributed by atoms with van der Waals surface area (Å²) in [6.07, 6.45) is 5.81. The third kappa shape index (κ3) is 2.44. The zero-order chi connectivity index (χ0) is 14.1. The largest absolute Gasteiger partial charge is 0.335 e. The highest BCUT2D eigenvalue weighted by atomic mass is 35.5. The van der Waals surface area contributed by atoms with Gasteiger partial charge in [-0.05, 0) is 16.7 Å². The number of halogens is 1. The molecule has 1 aromatic heterocycles. The first-order valence-corrected chi connectivity index (χ1v) is 8.11. The van der Waals surface area contributed by atoms with Crippen molar-refractivity contribution in [2.24, 2.45) is 0 Å². The maximum Gasteiger partial charge on any atom is 0.0946 e. The summed E-state index contributed by atoms with van der Waals surface area (Å²) < 4.78 is 2.17. The van der Waals surface area contributed by atoms with E-state index < -0.39 is 0 Å². The second-order valence-corrected chi connectivity index (χ2v) is 6.65. The highest BCUT2D eigenvalue weighted by molar-refractivity contribution is 8.00. The maximum atomic E-state index is 4.20. The first-order valence-electron chi connectivity index (χ1n) is 7.12. The highest BCUT2D eigenvalue weighted by Crippen LogP contribution is 2.52. The Morgan fingerprint density at radius 2 is 1.82 bits per heavy atom. The maximum absolute atomic E-state index is 4.20. The van der Waals surface area contributed by atoms with E-state index >= 15 is 0 Å². The fraction of sp³-hybridized carbons (Fsp3) is 0.167. The molecule has 1 aliphatic rings. The van der Waals surface area contributed by atoms with E-state index in [4.69, 9.17) is 0 Å². The fourth-order valence-electron chi connectivity index (χ4n) is 3.12. The number of hydrogen-bond acceptors (Lipinski definition) is 2. The molecule has 1 aliphatic heterocycles. The summed E-state index contributed by atoms with van der Waals surface area (Å²) >= 11 is 2.02. The van der Waals surface area contributed by atoms with Gasteiger partial charge in [0.15, 0.2) is 0 Å². The van der Waals surface area contributed by atoms with E-state index in [1.807, 2.05) is 30.5 Å². The van der Waals surface area contributed by atoms with Crippen LogP contribution in [0.2, 0.25) is 0 Å². The second-order valence-electron chi connectivity index (χ2n) is 5.37. The summed E-state index contributed by atoms with van der Waals surface area (Å²) in [7, 11) is 0. The molecule has 0 aliphatic carbocycles. The van der Waals surface area contributed by atoms with Crippen LogP contribution < -0.4 is 0 Å². The van der Waals surface area contributed by atoms with Crippen LogP contribution in [0.25, 0.3) is 0 Å². The number of thioether (sulfide) groups is 1. The van der Waals surface area contributed by atoms with E-state index in [1.165, 1.54) is 16.7 Å². The van der Waals surface area contributed by atoms with Crippen LogP contribution in [0, 0.1) is 0 Å². The third-order valence-electron chi connectivity index (χ3n) is 4.13. The van der Waals surface area contributed by atoms with Crippen LogP contribution in [0.3, 0.4) is 0 Å². The first kappa shape index (κ1) is 15.2. The zero-order valence-corrected chi connectivity index (χ0v) is 13.7. The van der Waals surface area contributed by atoms with Gasteiger partial charge in [0, 0.05) is 24.7 Å². The third-order valence-corrected chi connectivity index (χ3v) is 5.66. The molecule has 0 saturated carbocycles. The molecule has 22 heavy (non-hydrogen) atoms. The van der Waals surface area contributed by atoms with E-state index in [0.717, 1.165) is 12.3 Å². The van der Waals surface area contributed by atoms with Gasteiger partial charge in [0.25, 0.3) is 0 Å². The number of hydrogen-bond donors (Lipinski definition) is 0. The second kappa shape index (κ2) is 6.19. The number of nitrogens with zero attached hydrogens (tertiary/aromatic N) is 2. The van der Waals surface area contributed by atoms with Crippen molar-refractivity contribution in [1.82, 2.24) is 9.55 Å². The molecule has 4 rings (SSSR count). The Hall–Kier alpha value is -1.71. The SMILES string of the molecule is Cl.c1ccc(C2(Cn3ccnc3)SCc3ccccc32)cc1. The summed E-state index contributed by atoms with van der Waals surface area (Å²) in [4.78, 5) is 4.20. The minimum Gasteiger partial charge on any atom is -0.335 e. The van der Waals surface area contributed by atoms with Crippen LogP contribution in [0.5, 0.6) is 0 Å². The molecule has 0 N–H and O–H groups in total. The monoisotopic (exact) mass is 328 g/mol. The molecule has 0 amide bonds. The van der Waals surface area contributed by atoms with Crippen molar-refractivity contribution in [1.29, 1.82) is 0 Å². The van der Waals surface area contributed by atoms with Crippen molar-refractivity contribution < 1.29 is 0 Å². The predicted molar refractivity (Wildman–Crippen MR) is 94.4 cm³/mol. The van der Waals surface area contributed by atoms with Gasteiger partial charge in [-0.1, -0.05) is 54.6 Å². The summed E-state index contributed by atoms with van der Waals surface area (Å²) in [5.41, 5.74) is 4.26. The topological polar surface area (TPSA) is 17.8 Å². The van der Waals surface area contributed by atoms with Gasteiger partial charge in [-0.15, -0.1) is 24.2 Å². The van der Waals surface area contributed by atoms with Crippen LogP contribution in [-0.2, 0) is 17.0 Å². The smallest absolute Gasteiger partial charge is 0.0946 e.